The minimum atomic E-state index is -0.293. The highest BCUT2D eigenvalue weighted by Gasteiger charge is 2.19. The van der Waals surface area contributed by atoms with Gasteiger partial charge in [-0.3, -0.25) is 0 Å². The van der Waals surface area contributed by atoms with Crippen LogP contribution in [0.5, 0.6) is 0 Å². The molecule has 2 nitrogen and oxygen atoms in total. The van der Waals surface area contributed by atoms with Crippen LogP contribution < -0.4 is 0 Å². The molecule has 0 amide bonds. The lowest BCUT2D eigenvalue weighted by molar-refractivity contribution is 0.0938. The van der Waals surface area contributed by atoms with E-state index in [1.165, 1.54) is 12.8 Å². The van der Waals surface area contributed by atoms with Crippen molar-refractivity contribution in [2.45, 2.75) is 25.9 Å². The number of aliphatic hydroxyl groups excluding tert-OH is 1. The summed E-state index contributed by atoms with van der Waals surface area (Å²) in [6.07, 6.45) is 2.26. The first-order valence-corrected chi connectivity index (χ1v) is 6.57. The summed E-state index contributed by atoms with van der Waals surface area (Å²) in [5.74, 6) is 0.861. The number of hydrogen-bond donors (Lipinski definition) is 1. The molecule has 15 heavy (non-hydrogen) atoms. The monoisotopic (exact) mass is 225 g/mol. The van der Waals surface area contributed by atoms with Crippen LogP contribution in [0.15, 0.2) is 17.5 Å². The third-order valence-corrected chi connectivity index (χ3v) is 4.15. The molecule has 2 rings (SSSR count). The topological polar surface area (TPSA) is 23.5 Å². The first-order valence-electron chi connectivity index (χ1n) is 5.69. The number of likely N-dealkylation sites (tertiary alicyclic amines) is 1. The van der Waals surface area contributed by atoms with E-state index in [0.29, 0.717) is 0 Å². The Morgan fingerprint density at radius 1 is 1.53 bits per heavy atom. The average Bonchev–Trinajstić information content (AvgIpc) is 2.74. The Morgan fingerprint density at radius 3 is 2.87 bits per heavy atom. The van der Waals surface area contributed by atoms with Gasteiger partial charge in [-0.1, -0.05) is 13.0 Å². The maximum Gasteiger partial charge on any atom is 0.101 e. The molecule has 0 aliphatic carbocycles. The highest BCUT2D eigenvalue weighted by Crippen LogP contribution is 2.22. The van der Waals surface area contributed by atoms with Gasteiger partial charge in [0.1, 0.15) is 6.10 Å². The number of aliphatic hydroxyl groups is 1. The van der Waals surface area contributed by atoms with Gasteiger partial charge in [0, 0.05) is 11.4 Å². The van der Waals surface area contributed by atoms with E-state index in [2.05, 4.69) is 11.8 Å². The van der Waals surface area contributed by atoms with Gasteiger partial charge in [0.25, 0.3) is 0 Å². The minimum absolute atomic E-state index is 0.293. The van der Waals surface area contributed by atoms with Gasteiger partial charge in [0.15, 0.2) is 0 Å². The zero-order valence-corrected chi connectivity index (χ0v) is 10.0. The Bertz CT molecular complexity index is 278. The van der Waals surface area contributed by atoms with Crippen LogP contribution in [0.25, 0.3) is 0 Å². The fourth-order valence-corrected chi connectivity index (χ4v) is 2.76. The summed E-state index contributed by atoms with van der Waals surface area (Å²) in [6.45, 7) is 5.40. The van der Waals surface area contributed by atoms with Crippen LogP contribution >= 0.6 is 11.3 Å². The fourth-order valence-electron chi connectivity index (χ4n) is 2.06. The molecule has 1 aliphatic rings. The lowest BCUT2D eigenvalue weighted by Crippen LogP contribution is -2.35. The fraction of sp³-hybridized carbons (Fsp3) is 0.667. The van der Waals surface area contributed by atoms with E-state index in [4.69, 9.17) is 0 Å². The molecule has 0 spiro atoms. The molecule has 1 unspecified atom stereocenters. The number of nitrogens with zero attached hydrogens (tertiary/aromatic N) is 1. The number of piperidine rings is 1. The largest absolute Gasteiger partial charge is 0.386 e. The Kier molecular flexibility index (Phi) is 3.78. The van der Waals surface area contributed by atoms with Crippen molar-refractivity contribution in [2.75, 3.05) is 19.6 Å². The van der Waals surface area contributed by atoms with Crippen LogP contribution in [0.3, 0.4) is 0 Å². The van der Waals surface area contributed by atoms with Crippen molar-refractivity contribution < 1.29 is 5.11 Å². The van der Waals surface area contributed by atoms with E-state index in [0.717, 1.165) is 30.4 Å². The molecule has 1 atom stereocenters. The highest BCUT2D eigenvalue weighted by molar-refractivity contribution is 7.10. The van der Waals surface area contributed by atoms with E-state index in [9.17, 15) is 5.11 Å². The van der Waals surface area contributed by atoms with Gasteiger partial charge in [0.05, 0.1) is 0 Å². The molecular formula is C12H19NOS. The molecule has 84 valence electrons. The molecule has 1 fully saturated rings. The molecule has 1 aromatic heterocycles. The summed E-state index contributed by atoms with van der Waals surface area (Å²) in [6, 6.07) is 4.02. The second kappa shape index (κ2) is 5.10. The minimum Gasteiger partial charge on any atom is -0.386 e. The molecule has 1 aromatic rings. The lowest BCUT2D eigenvalue weighted by Gasteiger charge is -2.31. The summed E-state index contributed by atoms with van der Waals surface area (Å²) in [4.78, 5) is 3.47. The molecule has 2 heterocycles. The van der Waals surface area contributed by atoms with Gasteiger partial charge in [0.2, 0.25) is 0 Å². The molecule has 0 radical (unpaired) electrons. The second-order valence-corrected chi connectivity index (χ2v) is 5.49. The average molecular weight is 225 g/mol. The predicted octanol–water partition coefficient (Wildman–Crippen LogP) is 2.51. The molecule has 3 heteroatoms. The standard InChI is InChI=1S/C12H19NOS/c1-10-4-6-13(7-5-10)9-11(14)12-3-2-8-15-12/h2-3,8,10-11,14H,4-7,9H2,1H3. The van der Waals surface area contributed by atoms with Crippen LogP contribution in [0, 0.1) is 5.92 Å². The Morgan fingerprint density at radius 2 is 2.27 bits per heavy atom. The quantitative estimate of drug-likeness (QED) is 0.854. The number of rotatable bonds is 3. The number of β-amino-alcohol motifs (C(OH)–C–C–N with tert-alkyl or cyclic N) is 1. The van der Waals surface area contributed by atoms with Gasteiger partial charge in [-0.25, -0.2) is 0 Å². The third kappa shape index (κ3) is 3.03. The van der Waals surface area contributed by atoms with E-state index >= 15 is 0 Å². The van der Waals surface area contributed by atoms with Gasteiger partial charge in [-0.05, 0) is 43.3 Å². The number of thiophene rings is 1. The SMILES string of the molecule is CC1CCN(CC(O)c2cccs2)CC1. The van der Waals surface area contributed by atoms with E-state index in [1.54, 1.807) is 11.3 Å². The molecule has 1 N–H and O–H groups in total. The van der Waals surface area contributed by atoms with E-state index in [1.807, 2.05) is 17.5 Å². The first kappa shape index (κ1) is 11.1. The normalized spacial score (nSPS) is 21.7. The first-order chi connectivity index (χ1) is 7.25. The molecular weight excluding hydrogens is 206 g/mol. The summed E-state index contributed by atoms with van der Waals surface area (Å²) in [5, 5.41) is 12.0. The zero-order valence-electron chi connectivity index (χ0n) is 9.22. The predicted molar refractivity (Wildman–Crippen MR) is 64.1 cm³/mol. The van der Waals surface area contributed by atoms with Gasteiger partial charge < -0.3 is 10.0 Å². The van der Waals surface area contributed by atoms with Crippen LogP contribution in [0.2, 0.25) is 0 Å². The van der Waals surface area contributed by atoms with Crippen molar-refractivity contribution >= 4 is 11.3 Å². The van der Waals surface area contributed by atoms with Crippen molar-refractivity contribution in [1.82, 2.24) is 4.90 Å². The second-order valence-electron chi connectivity index (χ2n) is 4.51. The highest BCUT2D eigenvalue weighted by atomic mass is 32.1. The molecule has 0 aromatic carbocycles. The van der Waals surface area contributed by atoms with Gasteiger partial charge in [-0.15, -0.1) is 11.3 Å². The molecule has 0 bridgehead atoms. The molecule has 1 aliphatic heterocycles. The van der Waals surface area contributed by atoms with Crippen LogP contribution in [0.4, 0.5) is 0 Å². The maximum absolute atomic E-state index is 10.00. The summed E-state index contributed by atoms with van der Waals surface area (Å²) < 4.78 is 0. The van der Waals surface area contributed by atoms with E-state index in [-0.39, 0.29) is 6.10 Å². The maximum atomic E-state index is 10.00. The van der Waals surface area contributed by atoms with E-state index < -0.39 is 0 Å². The molecule has 0 saturated carbocycles. The van der Waals surface area contributed by atoms with Crippen molar-refractivity contribution in [3.05, 3.63) is 22.4 Å². The Hall–Kier alpha value is -0.380. The van der Waals surface area contributed by atoms with Crippen molar-refractivity contribution in [3.8, 4) is 0 Å². The van der Waals surface area contributed by atoms with Crippen LogP contribution in [0.1, 0.15) is 30.7 Å². The van der Waals surface area contributed by atoms with Crippen molar-refractivity contribution in [1.29, 1.82) is 0 Å². The summed E-state index contributed by atoms with van der Waals surface area (Å²) >= 11 is 1.64. The Balaban J connectivity index is 1.82. The van der Waals surface area contributed by atoms with Gasteiger partial charge >= 0.3 is 0 Å². The zero-order chi connectivity index (χ0) is 10.7. The van der Waals surface area contributed by atoms with Crippen molar-refractivity contribution in [2.24, 2.45) is 5.92 Å². The Labute approximate surface area is 95.5 Å². The van der Waals surface area contributed by atoms with Crippen LogP contribution in [-0.2, 0) is 0 Å². The third-order valence-electron chi connectivity index (χ3n) is 3.18. The number of hydrogen-bond acceptors (Lipinski definition) is 3. The van der Waals surface area contributed by atoms with Gasteiger partial charge in [-0.2, -0.15) is 0 Å². The lowest BCUT2D eigenvalue weighted by atomic mass is 9.99. The van der Waals surface area contributed by atoms with Crippen molar-refractivity contribution in [3.63, 3.8) is 0 Å². The van der Waals surface area contributed by atoms with Crippen LogP contribution in [-0.4, -0.2) is 29.6 Å². The molecule has 1 saturated heterocycles. The summed E-state index contributed by atoms with van der Waals surface area (Å²) in [7, 11) is 0. The smallest absolute Gasteiger partial charge is 0.101 e. The summed E-state index contributed by atoms with van der Waals surface area (Å²) in [5.41, 5.74) is 0.